The molecule has 0 aliphatic rings. The zero-order chi connectivity index (χ0) is 18.5. The number of rotatable bonds is 8. The van der Waals surface area contributed by atoms with Crippen LogP contribution in [-0.4, -0.2) is 28.5 Å². The minimum absolute atomic E-state index is 0.0753. The van der Waals surface area contributed by atoms with Gasteiger partial charge in [-0.15, -0.1) is 11.3 Å². The topological polar surface area (TPSA) is 64.9 Å². The summed E-state index contributed by atoms with van der Waals surface area (Å²) in [6.45, 7) is 5.32. The summed E-state index contributed by atoms with van der Waals surface area (Å²) in [5.74, 6) is 1.24. The minimum Gasteiger partial charge on any atom is -0.490 e. The maximum atomic E-state index is 12.3. The predicted octanol–water partition coefficient (Wildman–Crippen LogP) is 3.81. The van der Waals surface area contributed by atoms with Crippen LogP contribution in [0.4, 0.5) is 0 Å². The molecule has 0 bridgehead atoms. The van der Waals surface area contributed by atoms with E-state index in [0.29, 0.717) is 31.3 Å². The molecule has 3 aromatic rings. The smallest absolute Gasteiger partial charge is 0.224 e. The number of ether oxygens (including phenoxy) is 2. The van der Waals surface area contributed by atoms with Gasteiger partial charge < -0.3 is 14.8 Å². The van der Waals surface area contributed by atoms with Gasteiger partial charge >= 0.3 is 0 Å². The molecule has 6 nitrogen and oxygen atoms in total. The molecule has 0 radical (unpaired) electrons. The molecule has 26 heavy (non-hydrogen) atoms. The number of benzene rings is 1. The third kappa shape index (κ3) is 4.37. The molecule has 0 spiro atoms. The zero-order valence-electron chi connectivity index (χ0n) is 14.6. The van der Waals surface area contributed by atoms with Crippen molar-refractivity contribution in [1.29, 1.82) is 0 Å². The predicted molar refractivity (Wildman–Crippen MR) is 105 cm³/mol. The molecule has 8 heteroatoms. The molecule has 0 saturated carbocycles. The second-order valence-electron chi connectivity index (χ2n) is 5.53. The van der Waals surface area contributed by atoms with Crippen LogP contribution in [0.15, 0.2) is 34.4 Å². The number of thiazole rings is 1. The fourth-order valence-corrected chi connectivity index (χ4v) is 3.72. The first-order valence-electron chi connectivity index (χ1n) is 8.36. The Balaban J connectivity index is 1.65. The van der Waals surface area contributed by atoms with Gasteiger partial charge in [0.2, 0.25) is 5.91 Å². The van der Waals surface area contributed by atoms with Crippen molar-refractivity contribution < 1.29 is 14.3 Å². The summed E-state index contributed by atoms with van der Waals surface area (Å²) in [6.07, 6.45) is 4.12. The number of imidazole rings is 1. The highest BCUT2D eigenvalue weighted by molar-refractivity contribution is 9.10. The molecule has 0 unspecified atom stereocenters. The molecule has 0 saturated heterocycles. The number of aromatic nitrogens is 2. The van der Waals surface area contributed by atoms with E-state index < -0.39 is 0 Å². The third-order valence-electron chi connectivity index (χ3n) is 3.67. The summed E-state index contributed by atoms with van der Waals surface area (Å²) >= 11 is 5.08. The van der Waals surface area contributed by atoms with E-state index in [1.165, 1.54) is 0 Å². The van der Waals surface area contributed by atoms with Gasteiger partial charge in [0, 0.05) is 22.2 Å². The molecule has 3 rings (SSSR count). The van der Waals surface area contributed by atoms with Crippen LogP contribution in [0.2, 0.25) is 0 Å². The number of amides is 1. The Morgan fingerprint density at radius 3 is 2.69 bits per heavy atom. The number of carbonyl (C=O) groups excluding carboxylic acids is 1. The van der Waals surface area contributed by atoms with Crippen molar-refractivity contribution in [3.8, 4) is 11.5 Å². The van der Waals surface area contributed by atoms with Gasteiger partial charge in [-0.1, -0.05) is 15.9 Å². The Bertz CT molecular complexity index is 878. The van der Waals surface area contributed by atoms with E-state index in [2.05, 4.69) is 26.2 Å². The van der Waals surface area contributed by atoms with Gasteiger partial charge in [-0.2, -0.15) is 0 Å². The summed E-state index contributed by atoms with van der Waals surface area (Å²) in [7, 11) is 0. The highest BCUT2D eigenvalue weighted by atomic mass is 79.9. The maximum Gasteiger partial charge on any atom is 0.224 e. The van der Waals surface area contributed by atoms with Gasteiger partial charge in [0.1, 0.15) is 0 Å². The first kappa shape index (κ1) is 18.7. The number of carbonyl (C=O) groups is 1. The van der Waals surface area contributed by atoms with Crippen LogP contribution in [-0.2, 0) is 17.8 Å². The first-order valence-corrected chi connectivity index (χ1v) is 10.0. The molecule has 2 heterocycles. The van der Waals surface area contributed by atoms with Gasteiger partial charge in [0.25, 0.3) is 0 Å². The SMILES string of the molecule is CCOc1cc(Br)c(CC(=O)NCc2cn3ccsc3n2)cc1OCC. The number of fused-ring (bicyclic) bond motifs is 1. The molecular weight excluding hydrogens is 418 g/mol. The number of halogens is 1. The molecule has 1 amide bonds. The molecule has 1 aromatic carbocycles. The van der Waals surface area contributed by atoms with Gasteiger partial charge in [0.15, 0.2) is 16.5 Å². The Morgan fingerprint density at radius 1 is 1.27 bits per heavy atom. The Hall–Kier alpha value is -2.06. The number of nitrogens with one attached hydrogen (secondary N) is 1. The van der Waals surface area contributed by atoms with Gasteiger partial charge in [-0.25, -0.2) is 4.98 Å². The Morgan fingerprint density at radius 2 is 2.00 bits per heavy atom. The molecule has 0 fully saturated rings. The standard InChI is InChI=1S/C18H20BrN3O3S/c1-3-24-15-7-12(14(19)9-16(15)25-4-2)8-17(23)20-10-13-11-22-5-6-26-18(22)21-13/h5-7,9,11H,3-4,8,10H2,1-2H3,(H,20,23). The average molecular weight is 438 g/mol. The molecule has 1 N–H and O–H groups in total. The van der Waals surface area contributed by atoms with E-state index in [9.17, 15) is 4.79 Å². The normalized spacial score (nSPS) is 10.9. The Labute approximate surface area is 164 Å². The molecule has 0 atom stereocenters. The molecule has 0 aliphatic heterocycles. The lowest BCUT2D eigenvalue weighted by Crippen LogP contribution is -2.24. The summed E-state index contributed by atoms with van der Waals surface area (Å²) in [5, 5.41) is 4.89. The second-order valence-corrected chi connectivity index (χ2v) is 7.26. The van der Waals surface area contributed by atoms with Crippen LogP contribution < -0.4 is 14.8 Å². The van der Waals surface area contributed by atoms with Gasteiger partial charge in [0.05, 0.1) is 31.9 Å². The minimum atomic E-state index is -0.0753. The van der Waals surface area contributed by atoms with Crippen molar-refractivity contribution in [2.24, 2.45) is 0 Å². The van der Waals surface area contributed by atoms with Gasteiger partial charge in [-0.05, 0) is 31.5 Å². The van der Waals surface area contributed by atoms with Crippen LogP contribution in [0.5, 0.6) is 11.5 Å². The largest absolute Gasteiger partial charge is 0.490 e. The first-order chi connectivity index (χ1) is 12.6. The van der Waals surface area contributed by atoms with Crippen molar-refractivity contribution in [3.05, 3.63) is 45.6 Å². The van der Waals surface area contributed by atoms with E-state index >= 15 is 0 Å². The third-order valence-corrected chi connectivity index (χ3v) is 5.18. The lowest BCUT2D eigenvalue weighted by molar-refractivity contribution is -0.120. The van der Waals surface area contributed by atoms with E-state index in [0.717, 1.165) is 20.7 Å². The van der Waals surface area contributed by atoms with Crippen molar-refractivity contribution >= 4 is 38.1 Å². The van der Waals surface area contributed by atoms with E-state index in [-0.39, 0.29) is 12.3 Å². The monoisotopic (exact) mass is 437 g/mol. The highest BCUT2D eigenvalue weighted by Crippen LogP contribution is 2.34. The molecule has 138 valence electrons. The van der Waals surface area contributed by atoms with Crippen LogP contribution in [0.3, 0.4) is 0 Å². The summed E-state index contributed by atoms with van der Waals surface area (Å²) in [5.41, 5.74) is 1.69. The lowest BCUT2D eigenvalue weighted by Gasteiger charge is -2.14. The van der Waals surface area contributed by atoms with Crippen LogP contribution in [0.1, 0.15) is 25.1 Å². The molecular formula is C18H20BrN3O3S. The van der Waals surface area contributed by atoms with Crippen LogP contribution >= 0.6 is 27.3 Å². The van der Waals surface area contributed by atoms with Crippen LogP contribution in [0, 0.1) is 0 Å². The van der Waals surface area contributed by atoms with Crippen LogP contribution in [0.25, 0.3) is 4.96 Å². The van der Waals surface area contributed by atoms with Gasteiger partial charge in [-0.3, -0.25) is 9.20 Å². The molecule has 2 aromatic heterocycles. The summed E-state index contributed by atoms with van der Waals surface area (Å²) in [4.78, 5) is 17.7. The number of hydrogen-bond donors (Lipinski definition) is 1. The number of hydrogen-bond acceptors (Lipinski definition) is 5. The fraction of sp³-hybridized carbons (Fsp3) is 0.333. The summed E-state index contributed by atoms with van der Waals surface area (Å²) in [6, 6.07) is 3.70. The van der Waals surface area contributed by atoms with E-state index in [1.54, 1.807) is 11.3 Å². The quantitative estimate of drug-likeness (QED) is 0.581. The second kappa shape index (κ2) is 8.55. The lowest BCUT2D eigenvalue weighted by atomic mass is 10.1. The fourth-order valence-electron chi connectivity index (χ4n) is 2.54. The van der Waals surface area contributed by atoms with Crippen molar-refractivity contribution in [2.45, 2.75) is 26.8 Å². The average Bonchev–Trinajstić information content (AvgIpc) is 3.19. The highest BCUT2D eigenvalue weighted by Gasteiger charge is 2.14. The van der Waals surface area contributed by atoms with E-state index in [4.69, 9.17) is 9.47 Å². The molecule has 0 aliphatic carbocycles. The summed E-state index contributed by atoms with van der Waals surface area (Å²) < 4.78 is 14.0. The Kier molecular flexibility index (Phi) is 6.16. The number of nitrogens with zero attached hydrogens (tertiary/aromatic N) is 2. The van der Waals surface area contributed by atoms with Crippen molar-refractivity contribution in [1.82, 2.24) is 14.7 Å². The van der Waals surface area contributed by atoms with E-state index in [1.807, 2.05) is 48.2 Å². The maximum absolute atomic E-state index is 12.3. The van der Waals surface area contributed by atoms with Crippen molar-refractivity contribution in [2.75, 3.05) is 13.2 Å². The van der Waals surface area contributed by atoms with Crippen molar-refractivity contribution in [3.63, 3.8) is 0 Å². The zero-order valence-corrected chi connectivity index (χ0v) is 17.0.